The summed E-state index contributed by atoms with van der Waals surface area (Å²) in [7, 11) is 3.46. The lowest BCUT2D eigenvalue weighted by atomic mass is 10.6. The standard InChI is InChI=1S/C10H19N3O/c1-5-7-8-12-9-13(11-3)10(6-2)14-4/h5-8,11H,9H2,1-4H3/b7-5-,10-6+,12-8-. The van der Waals surface area contributed by atoms with E-state index >= 15 is 0 Å². The molecule has 1 N–H and O–H groups in total. The number of hydrazine groups is 1. The molecule has 0 saturated carbocycles. The minimum atomic E-state index is 0.522. The average Bonchev–Trinajstić information content (AvgIpc) is 2.23. The molecule has 0 amide bonds. The number of methoxy groups -OCH3 is 1. The summed E-state index contributed by atoms with van der Waals surface area (Å²) in [5.41, 5.74) is 2.98. The van der Waals surface area contributed by atoms with Gasteiger partial charge in [0.1, 0.15) is 6.67 Å². The molecule has 0 unspecified atom stereocenters. The minimum absolute atomic E-state index is 0.522. The van der Waals surface area contributed by atoms with Gasteiger partial charge in [0.2, 0.25) is 5.88 Å². The number of hydrogen-bond donors (Lipinski definition) is 1. The van der Waals surface area contributed by atoms with Crippen LogP contribution in [0.2, 0.25) is 0 Å². The Bertz CT molecular complexity index is 221. The predicted octanol–water partition coefficient (Wildman–Crippen LogP) is 1.53. The fourth-order valence-electron chi connectivity index (χ4n) is 0.910. The highest BCUT2D eigenvalue weighted by atomic mass is 16.5. The Morgan fingerprint density at radius 2 is 2.21 bits per heavy atom. The lowest BCUT2D eigenvalue weighted by Crippen LogP contribution is -2.35. The summed E-state index contributed by atoms with van der Waals surface area (Å²) >= 11 is 0. The van der Waals surface area contributed by atoms with E-state index in [4.69, 9.17) is 4.74 Å². The van der Waals surface area contributed by atoms with Gasteiger partial charge in [-0.2, -0.15) is 0 Å². The van der Waals surface area contributed by atoms with Crippen molar-refractivity contribution in [2.75, 3.05) is 20.8 Å². The maximum atomic E-state index is 5.14. The Morgan fingerprint density at radius 1 is 1.50 bits per heavy atom. The summed E-state index contributed by atoms with van der Waals surface area (Å²) in [6.45, 7) is 4.39. The van der Waals surface area contributed by atoms with E-state index in [-0.39, 0.29) is 0 Å². The molecule has 0 atom stereocenters. The zero-order valence-electron chi connectivity index (χ0n) is 9.32. The van der Waals surface area contributed by atoms with Crippen LogP contribution in [0, 0.1) is 0 Å². The zero-order valence-corrected chi connectivity index (χ0v) is 9.32. The highest BCUT2D eigenvalue weighted by molar-refractivity contribution is 5.70. The van der Waals surface area contributed by atoms with Crippen LogP contribution in [-0.2, 0) is 4.74 Å². The molecule has 0 radical (unpaired) electrons. The molecule has 0 aromatic rings. The Balaban J connectivity index is 4.15. The first-order chi connectivity index (χ1) is 6.79. The van der Waals surface area contributed by atoms with Gasteiger partial charge < -0.3 is 4.74 Å². The van der Waals surface area contributed by atoms with E-state index in [1.54, 1.807) is 18.3 Å². The van der Waals surface area contributed by atoms with Crippen LogP contribution in [0.3, 0.4) is 0 Å². The maximum absolute atomic E-state index is 5.14. The van der Waals surface area contributed by atoms with Crippen molar-refractivity contribution >= 4 is 6.21 Å². The topological polar surface area (TPSA) is 36.9 Å². The number of rotatable bonds is 6. The van der Waals surface area contributed by atoms with Crippen molar-refractivity contribution in [1.82, 2.24) is 10.4 Å². The molecule has 0 aromatic carbocycles. The van der Waals surface area contributed by atoms with Gasteiger partial charge in [-0.15, -0.1) is 0 Å². The van der Waals surface area contributed by atoms with Crippen molar-refractivity contribution in [3.63, 3.8) is 0 Å². The van der Waals surface area contributed by atoms with E-state index < -0.39 is 0 Å². The van der Waals surface area contributed by atoms with Crippen molar-refractivity contribution in [3.05, 3.63) is 24.1 Å². The summed E-state index contributed by atoms with van der Waals surface area (Å²) in [6, 6.07) is 0. The van der Waals surface area contributed by atoms with Gasteiger partial charge in [-0.1, -0.05) is 6.08 Å². The number of aliphatic imine (C=N–C) groups is 1. The number of nitrogens with one attached hydrogen (secondary N) is 1. The molecule has 0 heterocycles. The van der Waals surface area contributed by atoms with Crippen LogP contribution >= 0.6 is 0 Å². The highest BCUT2D eigenvalue weighted by Crippen LogP contribution is 2.00. The van der Waals surface area contributed by atoms with Gasteiger partial charge in [-0.05, 0) is 26.0 Å². The highest BCUT2D eigenvalue weighted by Gasteiger charge is 2.03. The van der Waals surface area contributed by atoms with E-state index in [1.165, 1.54) is 0 Å². The Labute approximate surface area is 85.9 Å². The van der Waals surface area contributed by atoms with Crippen molar-refractivity contribution in [2.24, 2.45) is 4.99 Å². The van der Waals surface area contributed by atoms with Crippen LogP contribution in [-0.4, -0.2) is 32.0 Å². The zero-order chi connectivity index (χ0) is 10.8. The van der Waals surface area contributed by atoms with Gasteiger partial charge in [-0.25, -0.2) is 5.43 Å². The predicted molar refractivity (Wildman–Crippen MR) is 59.8 cm³/mol. The second-order valence-corrected chi connectivity index (χ2v) is 2.48. The molecule has 0 rings (SSSR count). The van der Waals surface area contributed by atoms with Crippen molar-refractivity contribution in [1.29, 1.82) is 0 Å². The molecule has 0 spiro atoms. The molecular weight excluding hydrogens is 178 g/mol. The summed E-state index contributed by atoms with van der Waals surface area (Å²) in [5, 5.41) is 1.81. The third-order valence-electron chi connectivity index (χ3n) is 1.60. The summed E-state index contributed by atoms with van der Waals surface area (Å²) in [4.78, 5) is 4.18. The smallest absolute Gasteiger partial charge is 0.200 e. The van der Waals surface area contributed by atoms with Gasteiger partial charge >= 0.3 is 0 Å². The molecule has 14 heavy (non-hydrogen) atoms. The first-order valence-electron chi connectivity index (χ1n) is 4.56. The number of allylic oxidation sites excluding steroid dienone is 3. The number of nitrogens with zero attached hydrogens (tertiary/aromatic N) is 2. The van der Waals surface area contributed by atoms with Gasteiger partial charge in [0.25, 0.3) is 0 Å². The van der Waals surface area contributed by atoms with Crippen molar-refractivity contribution < 1.29 is 4.74 Å². The first kappa shape index (κ1) is 12.7. The molecule has 0 aliphatic heterocycles. The van der Waals surface area contributed by atoms with Gasteiger partial charge in [0, 0.05) is 13.3 Å². The van der Waals surface area contributed by atoms with Crippen molar-refractivity contribution in [3.8, 4) is 0 Å². The van der Waals surface area contributed by atoms with Crippen molar-refractivity contribution in [2.45, 2.75) is 13.8 Å². The minimum Gasteiger partial charge on any atom is -0.482 e. The number of hydrogen-bond acceptors (Lipinski definition) is 4. The maximum Gasteiger partial charge on any atom is 0.200 e. The normalized spacial score (nSPS) is 12.7. The molecule has 0 saturated heterocycles. The summed E-state index contributed by atoms with van der Waals surface area (Å²) < 4.78 is 5.14. The molecule has 0 aromatic heterocycles. The van der Waals surface area contributed by atoms with E-state index in [0.29, 0.717) is 6.67 Å². The largest absolute Gasteiger partial charge is 0.482 e. The fraction of sp³-hybridized carbons (Fsp3) is 0.500. The molecule has 0 aliphatic carbocycles. The van der Waals surface area contributed by atoms with Crippen LogP contribution in [0.1, 0.15) is 13.8 Å². The lowest BCUT2D eigenvalue weighted by molar-refractivity contribution is 0.122. The molecule has 4 heteroatoms. The summed E-state index contributed by atoms with van der Waals surface area (Å²) in [6.07, 6.45) is 7.45. The second kappa shape index (κ2) is 8.31. The molecule has 80 valence electrons. The third kappa shape index (κ3) is 4.67. The first-order valence-corrected chi connectivity index (χ1v) is 4.56. The van der Waals surface area contributed by atoms with Crippen LogP contribution in [0.25, 0.3) is 0 Å². The number of ether oxygens (including phenoxy) is 1. The van der Waals surface area contributed by atoms with E-state index in [0.717, 1.165) is 5.88 Å². The second-order valence-electron chi connectivity index (χ2n) is 2.48. The summed E-state index contributed by atoms with van der Waals surface area (Å²) in [5.74, 6) is 0.755. The Kier molecular flexibility index (Phi) is 7.55. The SMILES string of the molecule is C/C=C\C=N/CN(NC)/C(=C\C)OC. The van der Waals surface area contributed by atoms with Crippen LogP contribution < -0.4 is 5.43 Å². The molecular formula is C10H19N3O. The van der Waals surface area contributed by atoms with E-state index in [1.807, 2.05) is 39.1 Å². The average molecular weight is 197 g/mol. The van der Waals surface area contributed by atoms with Gasteiger partial charge in [-0.3, -0.25) is 10.0 Å². The quantitative estimate of drug-likeness (QED) is 0.398. The monoisotopic (exact) mass is 197 g/mol. The van der Waals surface area contributed by atoms with Gasteiger partial charge in [0.15, 0.2) is 0 Å². The third-order valence-corrected chi connectivity index (χ3v) is 1.60. The molecule has 0 aliphatic rings. The van der Waals surface area contributed by atoms with Crippen LogP contribution in [0.15, 0.2) is 29.1 Å². The van der Waals surface area contributed by atoms with Crippen LogP contribution in [0.5, 0.6) is 0 Å². The van der Waals surface area contributed by atoms with E-state index in [2.05, 4.69) is 10.4 Å². The molecule has 4 nitrogen and oxygen atoms in total. The Hall–Kier alpha value is -1.29. The van der Waals surface area contributed by atoms with Gasteiger partial charge in [0.05, 0.1) is 7.11 Å². The van der Waals surface area contributed by atoms with E-state index in [9.17, 15) is 0 Å². The fourth-order valence-corrected chi connectivity index (χ4v) is 0.910. The molecule has 0 fully saturated rings. The van der Waals surface area contributed by atoms with Crippen LogP contribution in [0.4, 0.5) is 0 Å². The lowest BCUT2D eigenvalue weighted by Gasteiger charge is -2.22. The molecule has 0 bridgehead atoms. The Morgan fingerprint density at radius 3 is 2.64 bits per heavy atom.